The summed E-state index contributed by atoms with van der Waals surface area (Å²) in [6, 6.07) is 26.8. The molecule has 5 nitrogen and oxygen atoms in total. The summed E-state index contributed by atoms with van der Waals surface area (Å²) in [5, 5.41) is 2.38. The number of amides is 4. The van der Waals surface area contributed by atoms with Crippen LogP contribution in [0.3, 0.4) is 0 Å². The SMILES string of the molecule is O=C1NC(=O)N(C(c2ccccc2)c2ccccc2)C(=O)C1Cc1ccccc1. The first kappa shape index (κ1) is 18.6. The van der Waals surface area contributed by atoms with E-state index in [2.05, 4.69) is 5.32 Å². The second-order valence-electron chi connectivity index (χ2n) is 6.97. The topological polar surface area (TPSA) is 66.5 Å². The van der Waals surface area contributed by atoms with Crippen LogP contribution in [0.5, 0.6) is 0 Å². The predicted molar refractivity (Wildman–Crippen MR) is 109 cm³/mol. The van der Waals surface area contributed by atoms with Crippen molar-refractivity contribution in [2.24, 2.45) is 5.92 Å². The van der Waals surface area contributed by atoms with E-state index in [-0.39, 0.29) is 6.42 Å². The van der Waals surface area contributed by atoms with E-state index in [0.717, 1.165) is 16.7 Å². The molecule has 0 radical (unpaired) electrons. The number of hydrogen-bond donors (Lipinski definition) is 1. The summed E-state index contributed by atoms with van der Waals surface area (Å²) in [4.78, 5) is 39.8. The summed E-state index contributed by atoms with van der Waals surface area (Å²) in [5.74, 6) is -2.00. The molecule has 4 amide bonds. The van der Waals surface area contributed by atoms with E-state index in [1.165, 1.54) is 4.90 Å². The molecule has 1 N–H and O–H groups in total. The van der Waals surface area contributed by atoms with Crippen molar-refractivity contribution in [3.05, 3.63) is 108 Å². The summed E-state index contributed by atoms with van der Waals surface area (Å²) < 4.78 is 0. The fraction of sp³-hybridized carbons (Fsp3) is 0.125. The van der Waals surface area contributed by atoms with E-state index in [1.54, 1.807) is 0 Å². The highest BCUT2D eigenvalue weighted by Crippen LogP contribution is 2.32. The summed E-state index contributed by atoms with van der Waals surface area (Å²) in [5.41, 5.74) is 2.47. The number of urea groups is 1. The number of hydrogen-bond acceptors (Lipinski definition) is 3. The molecule has 0 aliphatic carbocycles. The second kappa shape index (κ2) is 8.10. The van der Waals surface area contributed by atoms with Gasteiger partial charge in [0.1, 0.15) is 5.92 Å². The fourth-order valence-corrected chi connectivity index (χ4v) is 3.67. The first-order valence-electron chi connectivity index (χ1n) is 9.47. The number of barbiturate groups is 1. The van der Waals surface area contributed by atoms with Gasteiger partial charge in [-0.1, -0.05) is 91.0 Å². The molecule has 3 aromatic carbocycles. The Hall–Kier alpha value is -3.73. The average molecular weight is 384 g/mol. The average Bonchev–Trinajstić information content (AvgIpc) is 2.76. The van der Waals surface area contributed by atoms with Crippen LogP contribution < -0.4 is 5.32 Å². The normalized spacial score (nSPS) is 16.8. The van der Waals surface area contributed by atoms with Gasteiger partial charge in [-0.2, -0.15) is 0 Å². The standard InChI is InChI=1S/C24H20N2O3/c27-22-20(16-17-10-4-1-5-11-17)23(28)26(24(29)25-22)21(18-12-6-2-7-13-18)19-14-8-3-9-15-19/h1-15,20-21H,16H2,(H,25,27,29). The van der Waals surface area contributed by atoms with Gasteiger partial charge in [-0.15, -0.1) is 0 Å². The highest BCUT2D eigenvalue weighted by atomic mass is 16.2. The first-order valence-corrected chi connectivity index (χ1v) is 9.47. The second-order valence-corrected chi connectivity index (χ2v) is 6.97. The number of carbonyl (C=O) groups is 3. The molecule has 5 heteroatoms. The van der Waals surface area contributed by atoms with Gasteiger partial charge in [0, 0.05) is 0 Å². The zero-order valence-electron chi connectivity index (χ0n) is 15.7. The van der Waals surface area contributed by atoms with E-state index in [9.17, 15) is 14.4 Å². The minimum Gasteiger partial charge on any atom is -0.277 e. The third-order valence-corrected chi connectivity index (χ3v) is 5.07. The van der Waals surface area contributed by atoms with Crippen molar-refractivity contribution in [2.75, 3.05) is 0 Å². The van der Waals surface area contributed by atoms with Gasteiger partial charge >= 0.3 is 6.03 Å². The van der Waals surface area contributed by atoms with Crippen LogP contribution in [0.4, 0.5) is 4.79 Å². The zero-order chi connectivity index (χ0) is 20.2. The van der Waals surface area contributed by atoms with Crippen molar-refractivity contribution >= 4 is 17.8 Å². The number of nitrogens with zero attached hydrogens (tertiary/aromatic N) is 1. The Morgan fingerprint density at radius 2 is 1.21 bits per heavy atom. The summed E-state index contributed by atoms with van der Waals surface area (Å²) in [6.45, 7) is 0. The van der Waals surface area contributed by atoms with Crippen molar-refractivity contribution in [3.8, 4) is 0 Å². The molecule has 1 atom stereocenters. The number of carbonyl (C=O) groups excluding carboxylic acids is 3. The molecule has 0 aromatic heterocycles. The molecule has 1 aliphatic rings. The number of imide groups is 2. The van der Waals surface area contributed by atoms with Crippen molar-refractivity contribution in [1.29, 1.82) is 0 Å². The maximum Gasteiger partial charge on any atom is 0.331 e. The Balaban J connectivity index is 1.74. The van der Waals surface area contributed by atoms with Crippen LogP contribution in [0.15, 0.2) is 91.0 Å². The largest absolute Gasteiger partial charge is 0.331 e. The summed E-state index contributed by atoms with van der Waals surface area (Å²) >= 11 is 0. The Morgan fingerprint density at radius 3 is 1.72 bits per heavy atom. The molecule has 29 heavy (non-hydrogen) atoms. The smallest absolute Gasteiger partial charge is 0.277 e. The lowest BCUT2D eigenvalue weighted by molar-refractivity contribution is -0.143. The van der Waals surface area contributed by atoms with E-state index < -0.39 is 29.8 Å². The maximum absolute atomic E-state index is 13.4. The molecule has 0 spiro atoms. The minimum atomic E-state index is -0.954. The van der Waals surface area contributed by atoms with Crippen LogP contribution in [0.25, 0.3) is 0 Å². The van der Waals surface area contributed by atoms with Crippen molar-refractivity contribution in [1.82, 2.24) is 10.2 Å². The van der Waals surface area contributed by atoms with Crippen LogP contribution in [-0.2, 0) is 16.0 Å². The first-order chi connectivity index (χ1) is 14.1. The van der Waals surface area contributed by atoms with Gasteiger partial charge in [0.05, 0.1) is 6.04 Å². The molecular formula is C24H20N2O3. The summed E-state index contributed by atoms with van der Waals surface area (Å²) in [6.07, 6.45) is 0.242. The van der Waals surface area contributed by atoms with Crippen molar-refractivity contribution in [2.45, 2.75) is 12.5 Å². The van der Waals surface area contributed by atoms with Crippen LogP contribution in [0.2, 0.25) is 0 Å². The van der Waals surface area contributed by atoms with Gasteiger partial charge < -0.3 is 0 Å². The van der Waals surface area contributed by atoms with Crippen LogP contribution in [0, 0.1) is 5.92 Å². The fourth-order valence-electron chi connectivity index (χ4n) is 3.67. The maximum atomic E-state index is 13.4. The molecule has 1 fully saturated rings. The Bertz CT molecular complexity index is 980. The molecule has 0 saturated carbocycles. The van der Waals surface area contributed by atoms with Gasteiger partial charge in [-0.3, -0.25) is 19.8 Å². The van der Waals surface area contributed by atoms with E-state index in [4.69, 9.17) is 0 Å². The van der Waals surface area contributed by atoms with Gasteiger partial charge in [0.25, 0.3) is 0 Å². The molecular weight excluding hydrogens is 364 g/mol. The van der Waals surface area contributed by atoms with Crippen LogP contribution in [-0.4, -0.2) is 22.7 Å². The summed E-state index contributed by atoms with van der Waals surface area (Å²) in [7, 11) is 0. The number of rotatable bonds is 5. The lowest BCUT2D eigenvalue weighted by atomic mass is 9.91. The minimum absolute atomic E-state index is 0.242. The van der Waals surface area contributed by atoms with Crippen molar-refractivity contribution < 1.29 is 14.4 Å². The van der Waals surface area contributed by atoms with Gasteiger partial charge in [-0.05, 0) is 23.1 Å². The third-order valence-electron chi connectivity index (χ3n) is 5.07. The molecule has 1 unspecified atom stereocenters. The van der Waals surface area contributed by atoms with Crippen molar-refractivity contribution in [3.63, 3.8) is 0 Å². The molecule has 1 aliphatic heterocycles. The zero-order valence-corrected chi connectivity index (χ0v) is 15.7. The van der Waals surface area contributed by atoms with E-state index >= 15 is 0 Å². The Morgan fingerprint density at radius 1 is 0.724 bits per heavy atom. The molecule has 1 heterocycles. The molecule has 4 rings (SSSR count). The number of benzene rings is 3. The number of nitrogens with one attached hydrogen (secondary N) is 1. The van der Waals surface area contributed by atoms with Crippen LogP contribution >= 0.6 is 0 Å². The van der Waals surface area contributed by atoms with Crippen LogP contribution in [0.1, 0.15) is 22.7 Å². The van der Waals surface area contributed by atoms with E-state index in [0.29, 0.717) is 0 Å². The van der Waals surface area contributed by atoms with Gasteiger partial charge in [-0.25, -0.2) is 4.79 Å². The molecule has 3 aromatic rings. The Kier molecular flexibility index (Phi) is 5.20. The highest BCUT2D eigenvalue weighted by molar-refractivity contribution is 6.16. The molecule has 144 valence electrons. The molecule has 1 saturated heterocycles. The van der Waals surface area contributed by atoms with Gasteiger partial charge in [0.2, 0.25) is 11.8 Å². The lowest BCUT2D eigenvalue weighted by Crippen LogP contribution is -2.59. The molecule has 0 bridgehead atoms. The predicted octanol–water partition coefficient (Wildman–Crippen LogP) is 3.71. The monoisotopic (exact) mass is 384 g/mol. The lowest BCUT2D eigenvalue weighted by Gasteiger charge is -2.36. The van der Waals surface area contributed by atoms with Gasteiger partial charge in [0.15, 0.2) is 0 Å². The quantitative estimate of drug-likeness (QED) is 0.682. The third kappa shape index (κ3) is 3.80. The van der Waals surface area contributed by atoms with E-state index in [1.807, 2.05) is 91.0 Å². The Labute approximate surface area is 169 Å². The highest BCUT2D eigenvalue weighted by Gasteiger charge is 2.44.